The summed E-state index contributed by atoms with van der Waals surface area (Å²) in [5, 5.41) is 9.51. The molecular formula is C12H22O3. The second-order valence-corrected chi connectivity index (χ2v) is 4.87. The Bertz CT molecular complexity index is 195. The van der Waals surface area contributed by atoms with Crippen molar-refractivity contribution in [1.82, 2.24) is 0 Å². The molecule has 1 N–H and O–H groups in total. The third-order valence-electron chi connectivity index (χ3n) is 3.63. The summed E-state index contributed by atoms with van der Waals surface area (Å²) in [6, 6.07) is 0. The standard InChI is InChI=1S/C12H22O3/c1-2-3-11-14-9-8-12(15-11)6-4-10(13)5-7-12/h10-11,13H,2-9H2,1H3. The van der Waals surface area contributed by atoms with Crippen LogP contribution >= 0.6 is 0 Å². The van der Waals surface area contributed by atoms with E-state index < -0.39 is 0 Å². The van der Waals surface area contributed by atoms with Gasteiger partial charge in [0.25, 0.3) is 0 Å². The summed E-state index contributed by atoms with van der Waals surface area (Å²) in [4.78, 5) is 0. The second-order valence-electron chi connectivity index (χ2n) is 4.87. The van der Waals surface area contributed by atoms with Crippen molar-refractivity contribution in [2.45, 2.75) is 69.9 Å². The van der Waals surface area contributed by atoms with Crippen LogP contribution in [0.2, 0.25) is 0 Å². The van der Waals surface area contributed by atoms with Crippen molar-refractivity contribution in [1.29, 1.82) is 0 Å². The fourth-order valence-electron chi connectivity index (χ4n) is 2.62. The molecule has 3 heteroatoms. The van der Waals surface area contributed by atoms with E-state index in [2.05, 4.69) is 6.92 Å². The molecule has 0 amide bonds. The highest BCUT2D eigenvalue weighted by Gasteiger charge is 2.40. The molecule has 1 aliphatic carbocycles. The summed E-state index contributed by atoms with van der Waals surface area (Å²) in [5.74, 6) is 0. The van der Waals surface area contributed by atoms with Gasteiger partial charge in [-0.05, 0) is 38.5 Å². The lowest BCUT2D eigenvalue weighted by molar-refractivity contribution is -0.269. The van der Waals surface area contributed by atoms with E-state index in [-0.39, 0.29) is 18.0 Å². The van der Waals surface area contributed by atoms with Crippen LogP contribution < -0.4 is 0 Å². The molecule has 2 fully saturated rings. The molecule has 1 saturated heterocycles. The minimum atomic E-state index is -0.105. The molecule has 1 unspecified atom stereocenters. The Morgan fingerprint density at radius 1 is 1.27 bits per heavy atom. The third kappa shape index (κ3) is 2.71. The van der Waals surface area contributed by atoms with Crippen LogP contribution in [-0.2, 0) is 9.47 Å². The van der Waals surface area contributed by atoms with Crippen LogP contribution in [0.4, 0.5) is 0 Å². The van der Waals surface area contributed by atoms with Gasteiger partial charge in [0.15, 0.2) is 6.29 Å². The van der Waals surface area contributed by atoms with Gasteiger partial charge >= 0.3 is 0 Å². The van der Waals surface area contributed by atoms with Crippen molar-refractivity contribution in [3.8, 4) is 0 Å². The van der Waals surface area contributed by atoms with Crippen molar-refractivity contribution < 1.29 is 14.6 Å². The minimum Gasteiger partial charge on any atom is -0.393 e. The highest BCUT2D eigenvalue weighted by atomic mass is 16.7. The number of aliphatic hydroxyl groups is 1. The molecule has 1 spiro atoms. The Labute approximate surface area is 91.8 Å². The monoisotopic (exact) mass is 214 g/mol. The molecule has 88 valence electrons. The first-order valence-corrected chi connectivity index (χ1v) is 6.21. The Balaban J connectivity index is 1.90. The average molecular weight is 214 g/mol. The fourth-order valence-corrected chi connectivity index (χ4v) is 2.62. The highest BCUT2D eigenvalue weighted by molar-refractivity contribution is 4.89. The first-order chi connectivity index (χ1) is 7.24. The van der Waals surface area contributed by atoms with Gasteiger partial charge < -0.3 is 14.6 Å². The summed E-state index contributed by atoms with van der Waals surface area (Å²) >= 11 is 0. The lowest BCUT2D eigenvalue weighted by atomic mass is 9.80. The van der Waals surface area contributed by atoms with Crippen molar-refractivity contribution in [3.05, 3.63) is 0 Å². The van der Waals surface area contributed by atoms with Crippen LogP contribution in [0.3, 0.4) is 0 Å². The smallest absolute Gasteiger partial charge is 0.158 e. The maximum Gasteiger partial charge on any atom is 0.158 e. The lowest BCUT2D eigenvalue weighted by Gasteiger charge is -2.44. The van der Waals surface area contributed by atoms with Gasteiger partial charge in [-0.25, -0.2) is 0 Å². The third-order valence-corrected chi connectivity index (χ3v) is 3.63. The van der Waals surface area contributed by atoms with E-state index in [4.69, 9.17) is 9.47 Å². The first-order valence-electron chi connectivity index (χ1n) is 6.21. The van der Waals surface area contributed by atoms with Gasteiger partial charge in [-0.1, -0.05) is 13.3 Å². The average Bonchev–Trinajstić information content (AvgIpc) is 2.24. The van der Waals surface area contributed by atoms with Crippen LogP contribution in [0.15, 0.2) is 0 Å². The maximum absolute atomic E-state index is 9.51. The summed E-state index contributed by atoms with van der Waals surface area (Å²) in [6.07, 6.45) is 6.76. The summed E-state index contributed by atoms with van der Waals surface area (Å²) < 4.78 is 11.7. The number of rotatable bonds is 2. The normalized spacial score (nSPS) is 42.0. The lowest BCUT2D eigenvalue weighted by Crippen LogP contribution is -2.46. The molecule has 2 rings (SSSR count). The van der Waals surface area contributed by atoms with E-state index in [1.54, 1.807) is 0 Å². The van der Waals surface area contributed by atoms with E-state index in [9.17, 15) is 5.11 Å². The molecule has 0 aromatic rings. The van der Waals surface area contributed by atoms with Crippen LogP contribution in [0.1, 0.15) is 51.9 Å². The predicted molar refractivity (Wildman–Crippen MR) is 57.6 cm³/mol. The number of aliphatic hydroxyl groups excluding tert-OH is 1. The van der Waals surface area contributed by atoms with Gasteiger partial charge in [0.2, 0.25) is 0 Å². The molecule has 0 aromatic heterocycles. The van der Waals surface area contributed by atoms with Gasteiger partial charge in [-0.3, -0.25) is 0 Å². The molecule has 2 aliphatic rings. The fraction of sp³-hybridized carbons (Fsp3) is 1.00. The number of hydrogen-bond acceptors (Lipinski definition) is 3. The Morgan fingerprint density at radius 2 is 2.00 bits per heavy atom. The summed E-state index contributed by atoms with van der Waals surface area (Å²) in [5.41, 5.74) is 0.0251. The molecule has 1 saturated carbocycles. The largest absolute Gasteiger partial charge is 0.393 e. The van der Waals surface area contributed by atoms with Gasteiger partial charge in [0.05, 0.1) is 18.3 Å². The molecule has 0 aromatic carbocycles. The van der Waals surface area contributed by atoms with Gasteiger partial charge in [-0.2, -0.15) is 0 Å². The van der Waals surface area contributed by atoms with Gasteiger partial charge in [0.1, 0.15) is 0 Å². The predicted octanol–water partition coefficient (Wildman–Crippen LogP) is 2.22. The first kappa shape index (κ1) is 11.4. The van der Waals surface area contributed by atoms with Crippen LogP contribution in [0, 0.1) is 0 Å². The second kappa shape index (κ2) is 4.81. The van der Waals surface area contributed by atoms with Crippen molar-refractivity contribution >= 4 is 0 Å². The van der Waals surface area contributed by atoms with Crippen LogP contribution in [0.25, 0.3) is 0 Å². The Kier molecular flexibility index (Phi) is 3.65. The van der Waals surface area contributed by atoms with E-state index in [0.29, 0.717) is 0 Å². The van der Waals surface area contributed by atoms with Crippen LogP contribution in [0.5, 0.6) is 0 Å². The SMILES string of the molecule is CCCC1OCCC2(CCC(O)CC2)O1. The molecule has 0 bridgehead atoms. The van der Waals surface area contributed by atoms with E-state index in [1.165, 1.54) is 0 Å². The maximum atomic E-state index is 9.51. The molecule has 1 heterocycles. The Morgan fingerprint density at radius 3 is 2.67 bits per heavy atom. The zero-order valence-corrected chi connectivity index (χ0v) is 9.58. The zero-order chi connectivity index (χ0) is 10.7. The quantitative estimate of drug-likeness (QED) is 0.766. The topological polar surface area (TPSA) is 38.7 Å². The van der Waals surface area contributed by atoms with E-state index in [1.807, 2.05) is 0 Å². The number of ether oxygens (including phenoxy) is 2. The van der Waals surface area contributed by atoms with Crippen molar-refractivity contribution in [3.63, 3.8) is 0 Å². The molecular weight excluding hydrogens is 192 g/mol. The molecule has 1 atom stereocenters. The van der Waals surface area contributed by atoms with Crippen molar-refractivity contribution in [2.24, 2.45) is 0 Å². The minimum absolute atomic E-state index is 0.000933. The molecule has 1 aliphatic heterocycles. The van der Waals surface area contributed by atoms with Gasteiger partial charge in [-0.15, -0.1) is 0 Å². The summed E-state index contributed by atoms with van der Waals surface area (Å²) in [6.45, 7) is 2.97. The highest BCUT2D eigenvalue weighted by Crippen LogP contribution is 2.38. The zero-order valence-electron chi connectivity index (χ0n) is 9.58. The molecule has 15 heavy (non-hydrogen) atoms. The summed E-state index contributed by atoms with van der Waals surface area (Å²) in [7, 11) is 0. The molecule has 0 radical (unpaired) electrons. The van der Waals surface area contributed by atoms with E-state index >= 15 is 0 Å². The van der Waals surface area contributed by atoms with Gasteiger partial charge in [0, 0.05) is 0 Å². The molecule has 3 nitrogen and oxygen atoms in total. The Hall–Kier alpha value is -0.120. The van der Waals surface area contributed by atoms with Crippen LogP contribution in [-0.4, -0.2) is 29.7 Å². The van der Waals surface area contributed by atoms with E-state index in [0.717, 1.165) is 51.6 Å². The number of hydrogen-bond donors (Lipinski definition) is 1. The van der Waals surface area contributed by atoms with Crippen molar-refractivity contribution in [2.75, 3.05) is 6.61 Å².